The van der Waals surface area contributed by atoms with Gasteiger partial charge in [-0.2, -0.15) is 12.2 Å². The van der Waals surface area contributed by atoms with Crippen molar-refractivity contribution in [3.8, 4) is 0 Å². The van der Waals surface area contributed by atoms with Crippen molar-refractivity contribution in [3.05, 3.63) is 78.3 Å². The summed E-state index contributed by atoms with van der Waals surface area (Å²) in [6.45, 7) is 0. The number of rotatable bonds is 0. The van der Waals surface area contributed by atoms with E-state index in [2.05, 4.69) is 24.3 Å². The normalized spacial score (nSPS) is 11.7. The van der Waals surface area contributed by atoms with Gasteiger partial charge in [0, 0.05) is 26.2 Å². The van der Waals surface area contributed by atoms with Gasteiger partial charge in [-0.1, -0.05) is 0 Å². The van der Waals surface area contributed by atoms with Crippen LogP contribution in [0.5, 0.6) is 0 Å². The molecule has 0 saturated heterocycles. The molecule has 88 valence electrons. The van der Waals surface area contributed by atoms with E-state index in [4.69, 9.17) is 0 Å². The molecule has 2 aliphatic rings. The molecule has 0 aromatic carbocycles. The van der Waals surface area contributed by atoms with Crippen LogP contribution in [0, 0.1) is 41.9 Å². The van der Waals surface area contributed by atoms with Crippen LogP contribution in [0.3, 0.4) is 0 Å². The molecule has 2 rings (SSSR count). The Morgan fingerprint density at radius 1 is 0.667 bits per heavy atom. The molecule has 0 radical (unpaired) electrons. The molecule has 0 amide bonds. The zero-order chi connectivity index (χ0) is 7.07. The van der Waals surface area contributed by atoms with Gasteiger partial charge in [-0.3, -0.25) is 12.2 Å². The summed E-state index contributed by atoms with van der Waals surface area (Å²) >= 11 is 0. The predicted octanol–water partition coefficient (Wildman–Crippen LogP) is 4.41. The summed E-state index contributed by atoms with van der Waals surface area (Å²) in [6, 6.07) is 0. The van der Waals surface area contributed by atoms with E-state index >= 15 is 0 Å². The molecule has 15 heavy (non-hydrogen) atoms. The van der Waals surface area contributed by atoms with E-state index in [9.17, 15) is 0 Å². The fourth-order valence-electron chi connectivity index (χ4n) is 0.680. The average Bonchev–Trinajstić information content (AvgIpc) is 2.67. The summed E-state index contributed by atoms with van der Waals surface area (Å²) in [5.41, 5.74) is 0. The Bertz CT molecular complexity index is 144. The Hall–Kier alpha value is -0.157. The molecule has 0 bridgehead atoms. The first-order valence-corrected chi connectivity index (χ1v) is 3.43. The Morgan fingerprint density at radius 2 is 1.00 bits per heavy atom. The van der Waals surface area contributed by atoms with Gasteiger partial charge in [0.15, 0.2) is 0 Å². The van der Waals surface area contributed by atoms with E-state index in [-0.39, 0.29) is 55.9 Å². The molecule has 0 fully saturated rings. The van der Waals surface area contributed by atoms with E-state index in [0.29, 0.717) is 0 Å². The first-order chi connectivity index (χ1) is 5.00. The molecule has 0 N–H and O–H groups in total. The molecule has 0 unspecified atom stereocenters. The second-order valence-corrected chi connectivity index (χ2v) is 2.01. The fourth-order valence-corrected chi connectivity index (χ4v) is 0.680. The molecule has 0 saturated carbocycles. The van der Waals surface area contributed by atoms with E-state index in [1.54, 1.807) is 0 Å². The quantitative estimate of drug-likeness (QED) is 0.577. The van der Waals surface area contributed by atoms with Crippen LogP contribution in [0.4, 0.5) is 0 Å². The van der Waals surface area contributed by atoms with Crippen molar-refractivity contribution in [3.63, 3.8) is 0 Å². The maximum absolute atomic E-state index is 2.99. The molecule has 2 aliphatic carbocycles. The molecule has 0 aromatic rings. The van der Waals surface area contributed by atoms with E-state index in [0.717, 1.165) is 12.8 Å². The van der Waals surface area contributed by atoms with Crippen LogP contribution in [0.1, 0.15) is 12.8 Å². The van der Waals surface area contributed by atoms with Gasteiger partial charge in [0.25, 0.3) is 0 Å². The second kappa shape index (κ2) is 23.6. The summed E-state index contributed by atoms with van der Waals surface area (Å²) in [4.78, 5) is 0. The third-order valence-electron chi connectivity index (χ3n) is 1.17. The minimum absolute atomic E-state index is 0. The van der Waals surface area contributed by atoms with Gasteiger partial charge in [-0.15, -0.1) is 12.8 Å². The van der Waals surface area contributed by atoms with Crippen LogP contribution in [0.15, 0.2) is 36.5 Å². The summed E-state index contributed by atoms with van der Waals surface area (Å²) in [7, 11) is 0. The Balaban J connectivity index is -0.0000000333. The predicted molar refractivity (Wildman–Crippen MR) is 68.8 cm³/mol. The van der Waals surface area contributed by atoms with Crippen molar-refractivity contribution >= 4 is 0 Å². The van der Waals surface area contributed by atoms with Crippen molar-refractivity contribution in [1.29, 1.82) is 0 Å². The van der Waals surface area contributed by atoms with Gasteiger partial charge in [0.2, 0.25) is 0 Å². The maximum Gasteiger partial charge on any atom is 0 e. The van der Waals surface area contributed by atoms with Crippen molar-refractivity contribution in [2.75, 3.05) is 0 Å². The van der Waals surface area contributed by atoms with Gasteiger partial charge >= 0.3 is 0 Å². The molecule has 0 atom stereocenters. The van der Waals surface area contributed by atoms with Crippen molar-refractivity contribution in [1.82, 2.24) is 0 Å². The molecule has 0 heterocycles. The van der Waals surface area contributed by atoms with E-state index < -0.39 is 0 Å². The molecule has 0 spiro atoms. The minimum Gasteiger partial charge on any atom is -0.358 e. The number of allylic oxidation sites excluding steroid dienone is 8. The topological polar surface area (TPSA) is 0 Å². The van der Waals surface area contributed by atoms with Gasteiger partial charge in [-0.25, -0.2) is 24.3 Å². The van der Waals surface area contributed by atoms with Gasteiger partial charge in [0.05, 0.1) is 0 Å². The largest absolute Gasteiger partial charge is 0.358 e. The van der Waals surface area contributed by atoms with Crippen LogP contribution in [-0.4, -0.2) is 0 Å². The van der Waals surface area contributed by atoms with Crippen molar-refractivity contribution in [2.45, 2.75) is 12.8 Å². The second-order valence-electron chi connectivity index (χ2n) is 2.01. The van der Waals surface area contributed by atoms with Gasteiger partial charge < -0.3 is 29.7 Å². The van der Waals surface area contributed by atoms with Crippen molar-refractivity contribution < 1.29 is 26.2 Å². The Kier molecular flexibility index (Phi) is 46.1. The van der Waals surface area contributed by atoms with Gasteiger partial charge in [0.1, 0.15) is 0 Å². The van der Waals surface area contributed by atoms with E-state index in [1.165, 1.54) is 0 Å². The third-order valence-corrected chi connectivity index (χ3v) is 1.17. The van der Waals surface area contributed by atoms with E-state index in [1.807, 2.05) is 24.3 Å². The molecular formula is C14H22Zr-6. The van der Waals surface area contributed by atoms with Crippen LogP contribution in [0.25, 0.3) is 0 Å². The summed E-state index contributed by atoms with van der Waals surface area (Å²) in [5.74, 6) is 0. The smallest absolute Gasteiger partial charge is 0 e. The molecule has 0 aliphatic heterocycles. The molecular weight excluding hydrogens is 259 g/mol. The van der Waals surface area contributed by atoms with Crippen molar-refractivity contribution in [2.24, 2.45) is 0 Å². The number of hydrogen-bond acceptors (Lipinski definition) is 0. The summed E-state index contributed by atoms with van der Waals surface area (Å²) in [6.07, 6.45) is 20.0. The van der Waals surface area contributed by atoms with Crippen LogP contribution in [0.2, 0.25) is 0 Å². The Labute approximate surface area is 117 Å². The Morgan fingerprint density at radius 3 is 1.07 bits per heavy atom. The summed E-state index contributed by atoms with van der Waals surface area (Å²) < 4.78 is 0. The first-order valence-electron chi connectivity index (χ1n) is 3.43. The molecule has 1 heteroatoms. The molecule has 0 nitrogen and oxygen atoms in total. The number of hydrogen-bond donors (Lipinski definition) is 0. The van der Waals surface area contributed by atoms with Gasteiger partial charge in [-0.05, 0) is 0 Å². The summed E-state index contributed by atoms with van der Waals surface area (Å²) in [5, 5.41) is 0. The first kappa shape index (κ1) is 29.4. The molecule has 0 aromatic heterocycles. The zero-order valence-electron chi connectivity index (χ0n) is 10.4. The van der Waals surface area contributed by atoms with Crippen LogP contribution in [-0.2, 0) is 26.2 Å². The fraction of sp³-hybridized carbons (Fsp3) is 0.143. The van der Waals surface area contributed by atoms with Crippen LogP contribution >= 0.6 is 0 Å². The standard InChI is InChI=1S/2C5H5.4CH3.Zr/c2*1-2-4-5-3-1;;;;;/h2*1-3H,4H2;4*1H3;/q6*-1;. The zero-order valence-corrected chi connectivity index (χ0v) is 12.8. The third kappa shape index (κ3) is 20.0. The monoisotopic (exact) mass is 280 g/mol. The SMILES string of the molecule is [C-]1=CC=CC1.[C-]1=CC=CC1.[CH3-].[CH3-].[CH3-].[CH3-].[Zr]. The van der Waals surface area contributed by atoms with Crippen LogP contribution < -0.4 is 0 Å². The minimum atomic E-state index is 0. The maximum atomic E-state index is 2.99. The average molecular weight is 282 g/mol.